The minimum absolute atomic E-state index is 0.593. The van der Waals surface area contributed by atoms with E-state index in [1.54, 1.807) is 7.11 Å². The molecule has 0 atom stereocenters. The van der Waals surface area contributed by atoms with E-state index in [9.17, 15) is 0 Å². The third-order valence-corrected chi connectivity index (χ3v) is 2.70. The zero-order valence-corrected chi connectivity index (χ0v) is 9.54. The molecule has 0 saturated heterocycles. The molecule has 0 radical (unpaired) electrons. The molecule has 2 heteroatoms. The van der Waals surface area contributed by atoms with Crippen LogP contribution in [0.25, 0.3) is 5.76 Å². The fraction of sp³-hybridized carbons (Fsp3) is 0.286. The number of fused-ring (bicyclic) bond motifs is 1. The lowest BCUT2D eigenvalue weighted by Gasteiger charge is -2.22. The van der Waals surface area contributed by atoms with E-state index in [4.69, 9.17) is 15.9 Å². The number of terminal acetylenes is 1. The van der Waals surface area contributed by atoms with Gasteiger partial charge in [0.1, 0.15) is 12.4 Å². The number of allylic oxidation sites excluding steroid dienone is 1. The largest absolute Gasteiger partial charge is 0.493 e. The molecular weight excluding hydrogens is 200 g/mol. The first-order valence-corrected chi connectivity index (χ1v) is 5.30. The zero-order chi connectivity index (χ0) is 11.5. The number of rotatable bonds is 2. The summed E-state index contributed by atoms with van der Waals surface area (Å²) in [6.45, 7) is 2.64. The normalized spacial score (nSPS) is 13.8. The molecule has 2 rings (SSSR count). The van der Waals surface area contributed by atoms with E-state index in [1.807, 2.05) is 25.1 Å². The molecule has 0 unspecified atom stereocenters. The standard InChI is InChI=1S/C14H14O2/c1-4-10-6-7-11-9-16-13(5-2)14(15-3)12(11)8-10/h1,6-8H,5,9H2,2-3H3. The number of hydrogen-bond acceptors (Lipinski definition) is 2. The summed E-state index contributed by atoms with van der Waals surface area (Å²) >= 11 is 0. The van der Waals surface area contributed by atoms with Crippen molar-refractivity contribution in [3.05, 3.63) is 40.6 Å². The molecule has 0 fully saturated rings. The van der Waals surface area contributed by atoms with Crippen molar-refractivity contribution in [3.8, 4) is 12.3 Å². The molecule has 1 aliphatic rings. The Morgan fingerprint density at radius 3 is 2.94 bits per heavy atom. The summed E-state index contributed by atoms with van der Waals surface area (Å²) in [5.74, 6) is 4.33. The second kappa shape index (κ2) is 4.32. The first kappa shape index (κ1) is 10.6. The van der Waals surface area contributed by atoms with Crippen molar-refractivity contribution in [2.45, 2.75) is 20.0 Å². The Labute approximate surface area is 95.9 Å². The fourth-order valence-electron chi connectivity index (χ4n) is 1.87. The quantitative estimate of drug-likeness (QED) is 0.705. The minimum Gasteiger partial charge on any atom is -0.493 e. The van der Waals surface area contributed by atoms with Gasteiger partial charge in [-0.15, -0.1) is 6.42 Å². The van der Waals surface area contributed by atoms with Gasteiger partial charge in [0.2, 0.25) is 0 Å². The van der Waals surface area contributed by atoms with Gasteiger partial charge in [-0.05, 0) is 12.1 Å². The van der Waals surface area contributed by atoms with Crippen molar-refractivity contribution in [3.63, 3.8) is 0 Å². The summed E-state index contributed by atoms with van der Waals surface area (Å²) in [7, 11) is 1.66. The molecule has 2 nitrogen and oxygen atoms in total. The molecule has 1 aromatic carbocycles. The fourth-order valence-corrected chi connectivity index (χ4v) is 1.87. The van der Waals surface area contributed by atoms with Crippen LogP contribution in [0.3, 0.4) is 0 Å². The van der Waals surface area contributed by atoms with Gasteiger partial charge in [-0.3, -0.25) is 0 Å². The molecule has 0 amide bonds. The van der Waals surface area contributed by atoms with Gasteiger partial charge in [0, 0.05) is 23.1 Å². The summed E-state index contributed by atoms with van der Waals surface area (Å²) in [6.07, 6.45) is 6.22. The third-order valence-electron chi connectivity index (χ3n) is 2.70. The van der Waals surface area contributed by atoms with Crippen LogP contribution in [0.4, 0.5) is 0 Å². The van der Waals surface area contributed by atoms with E-state index in [2.05, 4.69) is 5.92 Å². The van der Waals surface area contributed by atoms with Crippen molar-refractivity contribution in [2.24, 2.45) is 0 Å². The topological polar surface area (TPSA) is 18.5 Å². The van der Waals surface area contributed by atoms with Crippen molar-refractivity contribution in [2.75, 3.05) is 7.11 Å². The second-order valence-corrected chi connectivity index (χ2v) is 3.61. The molecule has 1 heterocycles. The van der Waals surface area contributed by atoms with E-state index in [0.29, 0.717) is 6.61 Å². The van der Waals surface area contributed by atoms with E-state index >= 15 is 0 Å². The van der Waals surface area contributed by atoms with E-state index in [1.165, 1.54) is 0 Å². The van der Waals surface area contributed by atoms with Gasteiger partial charge in [0.25, 0.3) is 0 Å². The van der Waals surface area contributed by atoms with Crippen LogP contribution in [0.5, 0.6) is 0 Å². The molecule has 1 aromatic rings. The highest BCUT2D eigenvalue weighted by atomic mass is 16.5. The van der Waals surface area contributed by atoms with E-state index in [0.717, 1.165) is 34.6 Å². The van der Waals surface area contributed by atoms with Gasteiger partial charge in [0.15, 0.2) is 5.76 Å². The van der Waals surface area contributed by atoms with Gasteiger partial charge in [-0.25, -0.2) is 0 Å². The third kappa shape index (κ3) is 1.65. The van der Waals surface area contributed by atoms with Gasteiger partial charge < -0.3 is 9.47 Å². The lowest BCUT2D eigenvalue weighted by Crippen LogP contribution is -2.09. The molecule has 0 bridgehead atoms. The molecule has 0 aliphatic carbocycles. The van der Waals surface area contributed by atoms with Gasteiger partial charge in [-0.1, -0.05) is 18.9 Å². The smallest absolute Gasteiger partial charge is 0.164 e. The highest BCUT2D eigenvalue weighted by molar-refractivity contribution is 5.67. The van der Waals surface area contributed by atoms with Crippen LogP contribution in [0, 0.1) is 12.3 Å². The van der Waals surface area contributed by atoms with Gasteiger partial charge >= 0.3 is 0 Å². The first-order valence-electron chi connectivity index (χ1n) is 5.30. The molecule has 82 valence electrons. The zero-order valence-electron chi connectivity index (χ0n) is 9.54. The molecule has 0 aromatic heterocycles. The second-order valence-electron chi connectivity index (χ2n) is 3.61. The summed E-state index contributed by atoms with van der Waals surface area (Å²) in [5, 5.41) is 0. The average Bonchev–Trinajstić information content (AvgIpc) is 2.36. The maximum Gasteiger partial charge on any atom is 0.164 e. The Morgan fingerprint density at radius 1 is 1.50 bits per heavy atom. The summed E-state index contributed by atoms with van der Waals surface area (Å²) in [4.78, 5) is 0. The van der Waals surface area contributed by atoms with Crippen molar-refractivity contribution >= 4 is 5.76 Å². The van der Waals surface area contributed by atoms with E-state index < -0.39 is 0 Å². The van der Waals surface area contributed by atoms with Gasteiger partial charge in [0.05, 0.1) is 7.11 Å². The highest BCUT2D eigenvalue weighted by Crippen LogP contribution is 2.31. The Morgan fingerprint density at radius 2 is 2.31 bits per heavy atom. The molecule has 0 spiro atoms. The van der Waals surface area contributed by atoms with Crippen LogP contribution in [0.15, 0.2) is 24.0 Å². The SMILES string of the molecule is C#Cc1ccc2c(c1)C(OC)=C(CC)OC2. The Bertz CT molecular complexity index is 478. The van der Waals surface area contributed by atoms with Crippen LogP contribution in [0.2, 0.25) is 0 Å². The van der Waals surface area contributed by atoms with Crippen molar-refractivity contribution in [1.82, 2.24) is 0 Å². The molecule has 1 aliphatic heterocycles. The Kier molecular flexibility index (Phi) is 2.87. The predicted octanol–water partition coefficient (Wildman–Crippen LogP) is 2.92. The molecule has 0 saturated carbocycles. The van der Waals surface area contributed by atoms with Crippen LogP contribution in [-0.4, -0.2) is 7.11 Å². The van der Waals surface area contributed by atoms with Crippen LogP contribution >= 0.6 is 0 Å². The highest BCUT2D eigenvalue weighted by Gasteiger charge is 2.20. The molecular formula is C14H14O2. The molecule has 16 heavy (non-hydrogen) atoms. The monoisotopic (exact) mass is 214 g/mol. The van der Waals surface area contributed by atoms with Crippen LogP contribution < -0.4 is 0 Å². The maximum atomic E-state index is 5.63. The summed E-state index contributed by atoms with van der Waals surface area (Å²) in [6, 6.07) is 5.90. The first-order chi connectivity index (χ1) is 7.80. The summed E-state index contributed by atoms with van der Waals surface area (Å²) < 4.78 is 11.0. The number of benzene rings is 1. The Balaban J connectivity index is 2.57. The maximum absolute atomic E-state index is 5.63. The van der Waals surface area contributed by atoms with E-state index in [-0.39, 0.29) is 0 Å². The summed E-state index contributed by atoms with van der Waals surface area (Å²) in [5.41, 5.74) is 3.04. The Hall–Kier alpha value is -1.88. The number of ether oxygens (including phenoxy) is 2. The van der Waals surface area contributed by atoms with Crippen LogP contribution in [0.1, 0.15) is 30.0 Å². The molecule has 0 N–H and O–H groups in total. The van der Waals surface area contributed by atoms with Gasteiger partial charge in [-0.2, -0.15) is 0 Å². The lowest BCUT2D eigenvalue weighted by molar-refractivity contribution is 0.172. The lowest BCUT2D eigenvalue weighted by atomic mass is 10.00. The number of methoxy groups -OCH3 is 1. The predicted molar refractivity (Wildman–Crippen MR) is 63.4 cm³/mol. The van der Waals surface area contributed by atoms with Crippen LogP contribution in [-0.2, 0) is 16.1 Å². The number of hydrogen-bond donors (Lipinski definition) is 0. The van der Waals surface area contributed by atoms with Crippen molar-refractivity contribution < 1.29 is 9.47 Å². The minimum atomic E-state index is 0.593. The van der Waals surface area contributed by atoms with Crippen molar-refractivity contribution in [1.29, 1.82) is 0 Å². The average molecular weight is 214 g/mol.